The highest BCUT2D eigenvalue weighted by Crippen LogP contribution is 2.20. The van der Waals surface area contributed by atoms with Crippen LogP contribution in [0.15, 0.2) is 24.3 Å². The maximum absolute atomic E-state index is 12.6. The summed E-state index contributed by atoms with van der Waals surface area (Å²) in [6, 6.07) is 8.15. The molecule has 3 heteroatoms. The third-order valence-electron chi connectivity index (χ3n) is 4.20. The molecule has 104 valence electrons. The van der Waals surface area contributed by atoms with Gasteiger partial charge >= 0.3 is 0 Å². The molecule has 0 radical (unpaired) electrons. The standard InChI is InChI=1S/C16H24N2O/c1-13-6-4-5-7-14(13)12-15(19)16(2,3)18-10-8-17-9-11-18/h4-7,17H,8-12H2,1-3H3. The summed E-state index contributed by atoms with van der Waals surface area (Å²) in [5, 5.41) is 3.33. The van der Waals surface area contributed by atoms with E-state index in [4.69, 9.17) is 0 Å². The third-order valence-corrected chi connectivity index (χ3v) is 4.20. The van der Waals surface area contributed by atoms with E-state index in [9.17, 15) is 4.79 Å². The molecular weight excluding hydrogens is 236 g/mol. The second-order valence-electron chi connectivity index (χ2n) is 5.82. The predicted octanol–water partition coefficient (Wildman–Crippen LogP) is 1.79. The van der Waals surface area contributed by atoms with E-state index in [1.54, 1.807) is 0 Å². The fourth-order valence-electron chi connectivity index (χ4n) is 2.60. The third kappa shape index (κ3) is 3.23. The number of hydrogen-bond donors (Lipinski definition) is 1. The first kappa shape index (κ1) is 14.2. The lowest BCUT2D eigenvalue weighted by molar-refractivity contribution is -0.129. The molecule has 1 aromatic carbocycles. The summed E-state index contributed by atoms with van der Waals surface area (Å²) >= 11 is 0. The normalized spacial score (nSPS) is 17.4. The van der Waals surface area contributed by atoms with Crippen molar-refractivity contribution in [1.82, 2.24) is 10.2 Å². The molecule has 0 aliphatic carbocycles. The molecule has 1 aliphatic heterocycles. The van der Waals surface area contributed by atoms with Gasteiger partial charge in [0.2, 0.25) is 0 Å². The number of hydrogen-bond acceptors (Lipinski definition) is 3. The molecule has 3 nitrogen and oxygen atoms in total. The fraction of sp³-hybridized carbons (Fsp3) is 0.562. The number of carbonyl (C=O) groups excluding carboxylic acids is 1. The smallest absolute Gasteiger partial charge is 0.156 e. The lowest BCUT2D eigenvalue weighted by Gasteiger charge is -2.40. The SMILES string of the molecule is Cc1ccccc1CC(=O)C(C)(C)N1CCNCC1. The van der Waals surface area contributed by atoms with Crippen molar-refractivity contribution in [2.24, 2.45) is 0 Å². The quantitative estimate of drug-likeness (QED) is 0.896. The van der Waals surface area contributed by atoms with E-state index in [1.807, 2.05) is 12.1 Å². The summed E-state index contributed by atoms with van der Waals surface area (Å²) in [4.78, 5) is 14.9. The van der Waals surface area contributed by atoms with Crippen LogP contribution in [0.1, 0.15) is 25.0 Å². The predicted molar refractivity (Wildman–Crippen MR) is 78.4 cm³/mol. The van der Waals surface area contributed by atoms with E-state index in [0.29, 0.717) is 12.2 Å². The number of aryl methyl sites for hydroxylation is 1. The minimum atomic E-state index is -0.371. The Morgan fingerprint density at radius 3 is 2.53 bits per heavy atom. The zero-order chi connectivity index (χ0) is 13.9. The van der Waals surface area contributed by atoms with Gasteiger partial charge in [-0.2, -0.15) is 0 Å². The van der Waals surface area contributed by atoms with Gasteiger partial charge in [-0.3, -0.25) is 9.69 Å². The number of nitrogens with one attached hydrogen (secondary N) is 1. The summed E-state index contributed by atoms with van der Waals surface area (Å²) < 4.78 is 0. The van der Waals surface area contributed by atoms with E-state index in [0.717, 1.165) is 31.7 Å². The van der Waals surface area contributed by atoms with Crippen LogP contribution in [-0.4, -0.2) is 42.4 Å². The van der Waals surface area contributed by atoms with E-state index < -0.39 is 0 Å². The van der Waals surface area contributed by atoms with Crippen molar-refractivity contribution in [2.45, 2.75) is 32.7 Å². The van der Waals surface area contributed by atoms with Crippen LogP contribution in [0, 0.1) is 6.92 Å². The molecule has 1 aliphatic rings. The Labute approximate surface area is 116 Å². The van der Waals surface area contributed by atoms with Gasteiger partial charge in [0.15, 0.2) is 5.78 Å². The molecule has 1 saturated heterocycles. The lowest BCUT2D eigenvalue weighted by atomic mass is 9.90. The Morgan fingerprint density at radius 1 is 1.26 bits per heavy atom. The summed E-state index contributed by atoms with van der Waals surface area (Å²) in [5.74, 6) is 0.309. The molecule has 1 heterocycles. The van der Waals surface area contributed by atoms with Crippen LogP contribution in [0.25, 0.3) is 0 Å². The number of rotatable bonds is 4. The first-order valence-electron chi connectivity index (χ1n) is 7.05. The summed E-state index contributed by atoms with van der Waals surface area (Å²) in [5.41, 5.74) is 1.98. The van der Waals surface area contributed by atoms with Crippen LogP contribution in [0.4, 0.5) is 0 Å². The van der Waals surface area contributed by atoms with Gasteiger partial charge in [-0.25, -0.2) is 0 Å². The average Bonchev–Trinajstić information content (AvgIpc) is 2.42. The van der Waals surface area contributed by atoms with E-state index in [-0.39, 0.29) is 5.54 Å². The van der Waals surface area contributed by atoms with Crippen molar-refractivity contribution < 1.29 is 4.79 Å². The van der Waals surface area contributed by atoms with Crippen LogP contribution >= 0.6 is 0 Å². The van der Waals surface area contributed by atoms with Gasteiger partial charge in [-0.05, 0) is 31.9 Å². The largest absolute Gasteiger partial charge is 0.314 e. The van der Waals surface area contributed by atoms with Crippen LogP contribution in [0.5, 0.6) is 0 Å². The van der Waals surface area contributed by atoms with Gasteiger partial charge in [0.25, 0.3) is 0 Å². The Balaban J connectivity index is 2.08. The fourth-order valence-corrected chi connectivity index (χ4v) is 2.60. The Morgan fingerprint density at radius 2 is 1.89 bits per heavy atom. The van der Waals surface area contributed by atoms with Crippen molar-refractivity contribution in [3.63, 3.8) is 0 Å². The maximum Gasteiger partial charge on any atom is 0.156 e. The topological polar surface area (TPSA) is 32.3 Å². The van der Waals surface area contributed by atoms with Gasteiger partial charge in [-0.1, -0.05) is 24.3 Å². The first-order valence-corrected chi connectivity index (χ1v) is 7.05. The van der Waals surface area contributed by atoms with Gasteiger partial charge in [0.05, 0.1) is 5.54 Å². The highest BCUT2D eigenvalue weighted by molar-refractivity contribution is 5.89. The molecule has 1 fully saturated rings. The van der Waals surface area contributed by atoms with Crippen molar-refractivity contribution in [2.75, 3.05) is 26.2 Å². The number of nitrogens with zero attached hydrogens (tertiary/aromatic N) is 1. The number of ketones is 1. The van der Waals surface area contributed by atoms with Crippen LogP contribution < -0.4 is 5.32 Å². The highest BCUT2D eigenvalue weighted by atomic mass is 16.1. The highest BCUT2D eigenvalue weighted by Gasteiger charge is 2.34. The van der Waals surface area contributed by atoms with Gasteiger partial charge in [-0.15, -0.1) is 0 Å². The molecule has 0 spiro atoms. The Hall–Kier alpha value is -1.19. The Kier molecular flexibility index (Phi) is 4.38. The second-order valence-corrected chi connectivity index (χ2v) is 5.82. The molecular formula is C16H24N2O. The molecule has 19 heavy (non-hydrogen) atoms. The maximum atomic E-state index is 12.6. The van der Waals surface area contributed by atoms with Crippen molar-refractivity contribution in [3.05, 3.63) is 35.4 Å². The van der Waals surface area contributed by atoms with Crippen molar-refractivity contribution >= 4 is 5.78 Å². The zero-order valence-electron chi connectivity index (χ0n) is 12.2. The molecule has 0 bridgehead atoms. The van der Waals surface area contributed by atoms with Crippen LogP contribution in [0.3, 0.4) is 0 Å². The zero-order valence-corrected chi connectivity index (χ0v) is 12.2. The van der Waals surface area contributed by atoms with E-state index in [1.165, 1.54) is 5.56 Å². The molecule has 2 rings (SSSR count). The summed E-state index contributed by atoms with van der Waals surface area (Å²) in [6.07, 6.45) is 0.531. The monoisotopic (exact) mass is 260 g/mol. The molecule has 0 saturated carbocycles. The molecule has 0 unspecified atom stereocenters. The molecule has 1 N–H and O–H groups in total. The summed E-state index contributed by atoms with van der Waals surface area (Å²) in [6.45, 7) is 10.0. The molecule has 0 atom stereocenters. The molecule has 0 aromatic heterocycles. The van der Waals surface area contributed by atoms with E-state index >= 15 is 0 Å². The van der Waals surface area contributed by atoms with Gasteiger partial charge < -0.3 is 5.32 Å². The number of benzene rings is 1. The van der Waals surface area contributed by atoms with Crippen molar-refractivity contribution in [3.8, 4) is 0 Å². The lowest BCUT2D eigenvalue weighted by Crippen LogP contribution is -2.57. The Bertz CT molecular complexity index is 448. The first-order chi connectivity index (χ1) is 9.01. The van der Waals surface area contributed by atoms with E-state index in [2.05, 4.69) is 43.1 Å². The van der Waals surface area contributed by atoms with Crippen LogP contribution in [-0.2, 0) is 11.2 Å². The minimum absolute atomic E-state index is 0.309. The number of Topliss-reactive ketones (excluding diaryl/α,β-unsaturated/α-hetero) is 1. The molecule has 0 amide bonds. The number of carbonyl (C=O) groups is 1. The van der Waals surface area contributed by atoms with Crippen LogP contribution in [0.2, 0.25) is 0 Å². The van der Waals surface area contributed by atoms with Crippen molar-refractivity contribution in [1.29, 1.82) is 0 Å². The summed E-state index contributed by atoms with van der Waals surface area (Å²) in [7, 11) is 0. The van der Waals surface area contributed by atoms with Gasteiger partial charge in [0.1, 0.15) is 0 Å². The average molecular weight is 260 g/mol. The number of piperazine rings is 1. The minimum Gasteiger partial charge on any atom is -0.314 e. The van der Waals surface area contributed by atoms with Gasteiger partial charge in [0, 0.05) is 32.6 Å². The second kappa shape index (κ2) is 5.85. The molecule has 1 aromatic rings.